The Morgan fingerprint density at radius 3 is 2.55 bits per heavy atom. The number of aromatic nitrogens is 2. The van der Waals surface area contributed by atoms with Crippen molar-refractivity contribution >= 4 is 0 Å². The maximum absolute atomic E-state index is 6.05. The Balaban J connectivity index is 1.67. The van der Waals surface area contributed by atoms with Gasteiger partial charge in [0, 0.05) is 24.5 Å². The Labute approximate surface area is 133 Å². The molecular weight excluding hydrogens is 278 g/mol. The van der Waals surface area contributed by atoms with Gasteiger partial charge in [-0.15, -0.1) is 10.2 Å². The van der Waals surface area contributed by atoms with Gasteiger partial charge >= 0.3 is 0 Å². The quantitative estimate of drug-likeness (QED) is 0.808. The van der Waals surface area contributed by atoms with E-state index in [2.05, 4.69) is 29.1 Å². The van der Waals surface area contributed by atoms with Crippen LogP contribution < -0.4 is 0 Å². The number of rotatable bonds is 6. The van der Waals surface area contributed by atoms with E-state index in [1.807, 2.05) is 6.92 Å². The lowest BCUT2D eigenvalue weighted by atomic mass is 9.54. The van der Waals surface area contributed by atoms with Crippen LogP contribution in [0.15, 0.2) is 4.42 Å². The number of nitrogens with zero attached hydrogens (tertiary/aromatic N) is 3. The fourth-order valence-electron chi connectivity index (χ4n) is 4.46. The van der Waals surface area contributed by atoms with Gasteiger partial charge in [0.1, 0.15) is 0 Å². The predicted molar refractivity (Wildman–Crippen MR) is 84.5 cm³/mol. The number of hydrogen-bond acceptors (Lipinski definition) is 5. The normalized spacial score (nSPS) is 27.3. The van der Waals surface area contributed by atoms with E-state index in [4.69, 9.17) is 9.15 Å². The van der Waals surface area contributed by atoms with Crippen molar-refractivity contribution in [3.8, 4) is 0 Å². The first-order chi connectivity index (χ1) is 10.7. The van der Waals surface area contributed by atoms with Crippen LogP contribution in [0, 0.1) is 5.41 Å². The number of ether oxygens (including phenoxy) is 1. The molecule has 2 atom stereocenters. The molecule has 0 aliphatic heterocycles. The van der Waals surface area contributed by atoms with Gasteiger partial charge in [-0.2, -0.15) is 0 Å². The molecular formula is C17H29N3O2. The first-order valence-corrected chi connectivity index (χ1v) is 8.82. The second-order valence-corrected chi connectivity index (χ2v) is 6.85. The molecule has 3 rings (SSSR count). The van der Waals surface area contributed by atoms with Gasteiger partial charge in [-0.3, -0.25) is 4.90 Å². The van der Waals surface area contributed by atoms with Gasteiger partial charge in [-0.05, 0) is 33.2 Å². The van der Waals surface area contributed by atoms with Crippen molar-refractivity contribution in [3.63, 3.8) is 0 Å². The summed E-state index contributed by atoms with van der Waals surface area (Å²) < 4.78 is 11.7. The van der Waals surface area contributed by atoms with Gasteiger partial charge in [-0.1, -0.05) is 26.2 Å². The van der Waals surface area contributed by atoms with Crippen molar-refractivity contribution in [2.75, 3.05) is 13.7 Å². The molecule has 0 saturated heterocycles. The average molecular weight is 307 g/mol. The molecule has 0 unspecified atom stereocenters. The summed E-state index contributed by atoms with van der Waals surface area (Å²) in [5, 5.41) is 8.24. The largest absolute Gasteiger partial charge is 0.424 e. The SMILES string of the molecule is CCO[C@H]1C[C@H](N(C)Cc2nnc(CC)o2)C12CCCCC2. The van der Waals surface area contributed by atoms with Gasteiger partial charge in [-0.25, -0.2) is 0 Å². The van der Waals surface area contributed by atoms with Crippen LogP contribution in [0.4, 0.5) is 0 Å². The van der Waals surface area contributed by atoms with Crippen molar-refractivity contribution in [2.45, 2.75) is 77.5 Å². The summed E-state index contributed by atoms with van der Waals surface area (Å²) in [7, 11) is 2.19. The first-order valence-electron chi connectivity index (χ1n) is 8.82. The molecule has 0 radical (unpaired) electrons. The Morgan fingerprint density at radius 1 is 1.18 bits per heavy atom. The molecule has 1 aromatic rings. The molecule has 2 aliphatic carbocycles. The highest BCUT2D eigenvalue weighted by Crippen LogP contribution is 2.55. The van der Waals surface area contributed by atoms with Gasteiger partial charge in [0.2, 0.25) is 11.8 Å². The third-order valence-corrected chi connectivity index (χ3v) is 5.62. The minimum Gasteiger partial charge on any atom is -0.424 e. The summed E-state index contributed by atoms with van der Waals surface area (Å²) >= 11 is 0. The Morgan fingerprint density at radius 2 is 1.91 bits per heavy atom. The van der Waals surface area contributed by atoms with Gasteiger partial charge in [0.15, 0.2) is 0 Å². The zero-order valence-corrected chi connectivity index (χ0v) is 14.2. The van der Waals surface area contributed by atoms with E-state index >= 15 is 0 Å². The molecule has 5 nitrogen and oxygen atoms in total. The zero-order valence-electron chi connectivity index (χ0n) is 14.2. The highest BCUT2D eigenvalue weighted by Gasteiger charge is 2.56. The lowest BCUT2D eigenvalue weighted by Gasteiger charge is -2.60. The van der Waals surface area contributed by atoms with Crippen molar-refractivity contribution in [1.29, 1.82) is 0 Å². The van der Waals surface area contributed by atoms with Crippen molar-refractivity contribution in [2.24, 2.45) is 5.41 Å². The third-order valence-electron chi connectivity index (χ3n) is 5.62. The van der Waals surface area contributed by atoms with Gasteiger partial charge < -0.3 is 9.15 Å². The van der Waals surface area contributed by atoms with Crippen LogP contribution in [0.1, 0.15) is 64.2 Å². The van der Waals surface area contributed by atoms with E-state index in [-0.39, 0.29) is 0 Å². The molecule has 1 heterocycles. The van der Waals surface area contributed by atoms with Crippen LogP contribution in [0.5, 0.6) is 0 Å². The second-order valence-electron chi connectivity index (χ2n) is 6.85. The van der Waals surface area contributed by atoms with Crippen LogP contribution in [-0.4, -0.2) is 40.9 Å². The summed E-state index contributed by atoms with van der Waals surface area (Å²) in [4.78, 5) is 2.41. The summed E-state index contributed by atoms with van der Waals surface area (Å²) in [6.45, 7) is 5.72. The van der Waals surface area contributed by atoms with Crippen molar-refractivity contribution in [3.05, 3.63) is 11.8 Å². The molecule has 2 saturated carbocycles. The molecule has 2 fully saturated rings. The lowest BCUT2D eigenvalue weighted by Crippen LogP contribution is -2.64. The Kier molecular flexibility index (Phi) is 4.83. The second kappa shape index (κ2) is 6.67. The maximum atomic E-state index is 6.05. The molecule has 124 valence electrons. The zero-order chi connectivity index (χ0) is 15.6. The molecule has 0 aromatic carbocycles. The Bertz CT molecular complexity index is 482. The van der Waals surface area contributed by atoms with Gasteiger partial charge in [0.05, 0.1) is 12.6 Å². The molecule has 5 heteroatoms. The van der Waals surface area contributed by atoms with E-state index < -0.39 is 0 Å². The van der Waals surface area contributed by atoms with Crippen molar-refractivity contribution in [1.82, 2.24) is 15.1 Å². The van der Waals surface area contributed by atoms with E-state index in [9.17, 15) is 0 Å². The fraction of sp³-hybridized carbons (Fsp3) is 0.882. The maximum Gasteiger partial charge on any atom is 0.230 e. The highest BCUT2D eigenvalue weighted by molar-refractivity contribution is 5.09. The topological polar surface area (TPSA) is 51.4 Å². The fourth-order valence-corrected chi connectivity index (χ4v) is 4.46. The van der Waals surface area contributed by atoms with Gasteiger partial charge in [0.25, 0.3) is 0 Å². The molecule has 0 N–H and O–H groups in total. The molecule has 22 heavy (non-hydrogen) atoms. The van der Waals surface area contributed by atoms with E-state index in [1.165, 1.54) is 32.1 Å². The van der Waals surface area contributed by atoms with Crippen LogP contribution in [0.2, 0.25) is 0 Å². The molecule has 2 aliphatic rings. The van der Waals surface area contributed by atoms with Crippen LogP contribution >= 0.6 is 0 Å². The first kappa shape index (κ1) is 15.9. The molecule has 0 amide bonds. The highest BCUT2D eigenvalue weighted by atomic mass is 16.5. The minimum atomic E-state index is 0.358. The molecule has 1 aromatic heterocycles. The number of hydrogen-bond donors (Lipinski definition) is 0. The summed E-state index contributed by atoms with van der Waals surface area (Å²) in [6.07, 6.45) is 9.05. The van der Waals surface area contributed by atoms with E-state index in [1.54, 1.807) is 0 Å². The monoisotopic (exact) mass is 307 g/mol. The number of aryl methyl sites for hydroxylation is 1. The minimum absolute atomic E-state index is 0.358. The van der Waals surface area contributed by atoms with E-state index in [0.717, 1.165) is 37.8 Å². The van der Waals surface area contributed by atoms with Crippen LogP contribution in [0.3, 0.4) is 0 Å². The smallest absolute Gasteiger partial charge is 0.230 e. The summed E-state index contributed by atoms with van der Waals surface area (Å²) in [5.74, 6) is 1.47. The standard InChI is InChI=1S/C17H29N3O2/c1-4-15-18-19-16(22-15)12-20(3)13-11-14(21-5-2)17(13)9-7-6-8-10-17/h13-14H,4-12H2,1-3H3/t13-,14-/m0/s1. The molecule has 1 spiro atoms. The average Bonchev–Trinajstić information content (AvgIpc) is 2.99. The third kappa shape index (κ3) is 2.81. The van der Waals surface area contributed by atoms with Crippen LogP contribution in [-0.2, 0) is 17.7 Å². The summed E-state index contributed by atoms with van der Waals surface area (Å²) in [6, 6.07) is 0.585. The Hall–Kier alpha value is -0.940. The predicted octanol–water partition coefficient (Wildman–Crippen LogP) is 3.19. The summed E-state index contributed by atoms with van der Waals surface area (Å²) in [5.41, 5.74) is 0.358. The van der Waals surface area contributed by atoms with E-state index in [0.29, 0.717) is 17.6 Å². The van der Waals surface area contributed by atoms with Crippen molar-refractivity contribution < 1.29 is 9.15 Å². The lowest BCUT2D eigenvalue weighted by molar-refractivity contribution is -0.180. The van der Waals surface area contributed by atoms with Crippen LogP contribution in [0.25, 0.3) is 0 Å². The molecule has 0 bridgehead atoms.